The lowest BCUT2D eigenvalue weighted by Crippen LogP contribution is -2.48. The van der Waals surface area contributed by atoms with E-state index in [1.165, 1.54) is 0 Å². The number of aryl methyl sites for hydroxylation is 1. The van der Waals surface area contributed by atoms with Crippen molar-refractivity contribution in [2.24, 2.45) is 0 Å². The molecule has 120 valence electrons. The number of anilines is 3. The smallest absolute Gasteiger partial charge is 0.219 e. The van der Waals surface area contributed by atoms with Crippen molar-refractivity contribution in [3.05, 3.63) is 36.0 Å². The van der Waals surface area contributed by atoms with Crippen molar-refractivity contribution in [2.45, 2.75) is 13.8 Å². The van der Waals surface area contributed by atoms with Gasteiger partial charge in [0.15, 0.2) is 11.6 Å². The molecule has 2 aromatic rings. The van der Waals surface area contributed by atoms with Gasteiger partial charge in [0.1, 0.15) is 5.82 Å². The van der Waals surface area contributed by atoms with Gasteiger partial charge >= 0.3 is 0 Å². The Morgan fingerprint density at radius 1 is 1.04 bits per heavy atom. The molecule has 0 radical (unpaired) electrons. The van der Waals surface area contributed by atoms with Crippen LogP contribution in [0.5, 0.6) is 0 Å². The molecule has 1 saturated heterocycles. The number of aromatic nitrogens is 3. The molecule has 0 aromatic carbocycles. The minimum absolute atomic E-state index is 0.126. The molecule has 1 aliphatic heterocycles. The average molecular weight is 312 g/mol. The standard InChI is InChI=1S/C16H20N6O/c1-12-4-3-5-14(17-12)18-15-6-7-16(20-19-15)22-10-8-21(9-11-22)13(2)23/h3-7H,8-11H2,1-2H3,(H,17,18,19). The number of pyridine rings is 1. The van der Waals surface area contributed by atoms with E-state index in [9.17, 15) is 4.79 Å². The Labute approximate surface area is 135 Å². The van der Waals surface area contributed by atoms with Crippen LogP contribution in [0.3, 0.4) is 0 Å². The fourth-order valence-corrected chi connectivity index (χ4v) is 2.55. The van der Waals surface area contributed by atoms with Gasteiger partial charge in [0.2, 0.25) is 5.91 Å². The van der Waals surface area contributed by atoms with Crippen LogP contribution in [-0.4, -0.2) is 52.2 Å². The van der Waals surface area contributed by atoms with Gasteiger partial charge in [0.25, 0.3) is 0 Å². The predicted molar refractivity (Wildman–Crippen MR) is 88.8 cm³/mol. The van der Waals surface area contributed by atoms with Crippen LogP contribution in [0.25, 0.3) is 0 Å². The van der Waals surface area contributed by atoms with Gasteiger partial charge in [-0.2, -0.15) is 0 Å². The lowest BCUT2D eigenvalue weighted by atomic mass is 10.3. The average Bonchev–Trinajstić information content (AvgIpc) is 2.56. The molecule has 7 nitrogen and oxygen atoms in total. The lowest BCUT2D eigenvalue weighted by Gasteiger charge is -2.34. The van der Waals surface area contributed by atoms with Gasteiger partial charge in [-0.3, -0.25) is 4.79 Å². The quantitative estimate of drug-likeness (QED) is 0.928. The molecule has 0 aliphatic carbocycles. The highest BCUT2D eigenvalue weighted by atomic mass is 16.2. The zero-order valence-electron chi connectivity index (χ0n) is 13.4. The largest absolute Gasteiger partial charge is 0.352 e. The summed E-state index contributed by atoms with van der Waals surface area (Å²) >= 11 is 0. The number of hydrogen-bond acceptors (Lipinski definition) is 6. The van der Waals surface area contributed by atoms with Crippen molar-refractivity contribution in [3.63, 3.8) is 0 Å². The van der Waals surface area contributed by atoms with E-state index in [-0.39, 0.29) is 5.91 Å². The van der Waals surface area contributed by atoms with Crippen LogP contribution in [0.4, 0.5) is 17.5 Å². The molecular weight excluding hydrogens is 292 g/mol. The van der Waals surface area contributed by atoms with E-state index < -0.39 is 0 Å². The molecule has 3 heterocycles. The summed E-state index contributed by atoms with van der Waals surface area (Å²) < 4.78 is 0. The van der Waals surface area contributed by atoms with Crippen LogP contribution >= 0.6 is 0 Å². The zero-order valence-corrected chi connectivity index (χ0v) is 13.4. The van der Waals surface area contributed by atoms with Crippen LogP contribution < -0.4 is 10.2 Å². The maximum atomic E-state index is 11.3. The van der Waals surface area contributed by atoms with Gasteiger partial charge in [0.05, 0.1) is 0 Å². The summed E-state index contributed by atoms with van der Waals surface area (Å²) in [5.74, 6) is 2.37. The van der Waals surface area contributed by atoms with Crippen molar-refractivity contribution < 1.29 is 4.79 Å². The second-order valence-electron chi connectivity index (χ2n) is 5.56. The Hall–Kier alpha value is -2.70. The summed E-state index contributed by atoms with van der Waals surface area (Å²) in [5, 5.41) is 11.6. The van der Waals surface area contributed by atoms with E-state index in [2.05, 4.69) is 25.4 Å². The van der Waals surface area contributed by atoms with Gasteiger partial charge in [-0.1, -0.05) is 6.07 Å². The van der Waals surface area contributed by atoms with Crippen molar-refractivity contribution in [1.29, 1.82) is 0 Å². The number of nitrogens with zero attached hydrogens (tertiary/aromatic N) is 5. The Morgan fingerprint density at radius 3 is 2.43 bits per heavy atom. The van der Waals surface area contributed by atoms with Gasteiger partial charge in [0, 0.05) is 38.8 Å². The maximum absolute atomic E-state index is 11.3. The highest BCUT2D eigenvalue weighted by Gasteiger charge is 2.19. The molecule has 0 spiro atoms. The number of piperazine rings is 1. The van der Waals surface area contributed by atoms with Crippen LogP contribution in [0.1, 0.15) is 12.6 Å². The fourth-order valence-electron chi connectivity index (χ4n) is 2.55. The van der Waals surface area contributed by atoms with E-state index in [0.717, 1.165) is 43.5 Å². The zero-order chi connectivity index (χ0) is 16.2. The van der Waals surface area contributed by atoms with Crippen molar-refractivity contribution >= 4 is 23.4 Å². The molecule has 1 amide bonds. The molecule has 1 N–H and O–H groups in total. The normalized spacial score (nSPS) is 14.7. The number of nitrogens with one attached hydrogen (secondary N) is 1. The van der Waals surface area contributed by atoms with E-state index in [0.29, 0.717) is 5.82 Å². The number of rotatable bonds is 3. The molecule has 0 saturated carbocycles. The Bertz CT molecular complexity index is 679. The third-order valence-corrected chi connectivity index (χ3v) is 3.84. The minimum Gasteiger partial charge on any atom is -0.352 e. The molecule has 2 aromatic heterocycles. The van der Waals surface area contributed by atoms with Crippen LogP contribution in [0.2, 0.25) is 0 Å². The third kappa shape index (κ3) is 3.74. The second kappa shape index (κ2) is 6.60. The number of amides is 1. The molecule has 23 heavy (non-hydrogen) atoms. The van der Waals surface area contributed by atoms with Crippen molar-refractivity contribution in [2.75, 3.05) is 36.4 Å². The molecule has 7 heteroatoms. The third-order valence-electron chi connectivity index (χ3n) is 3.84. The summed E-state index contributed by atoms with van der Waals surface area (Å²) in [4.78, 5) is 19.7. The molecule has 1 aliphatic rings. The fraction of sp³-hybridized carbons (Fsp3) is 0.375. The summed E-state index contributed by atoms with van der Waals surface area (Å²) in [5.41, 5.74) is 0.947. The predicted octanol–water partition coefficient (Wildman–Crippen LogP) is 1.59. The van der Waals surface area contributed by atoms with Gasteiger partial charge in [-0.25, -0.2) is 4.98 Å². The molecule has 1 fully saturated rings. The number of hydrogen-bond donors (Lipinski definition) is 1. The molecular formula is C16H20N6O. The van der Waals surface area contributed by atoms with Crippen molar-refractivity contribution in [3.8, 4) is 0 Å². The first-order valence-corrected chi connectivity index (χ1v) is 7.67. The first-order valence-electron chi connectivity index (χ1n) is 7.67. The first-order chi connectivity index (χ1) is 11.1. The summed E-state index contributed by atoms with van der Waals surface area (Å²) in [6.45, 7) is 6.56. The lowest BCUT2D eigenvalue weighted by molar-refractivity contribution is -0.129. The Balaban J connectivity index is 1.62. The van der Waals surface area contributed by atoms with Crippen LogP contribution in [0.15, 0.2) is 30.3 Å². The number of carbonyl (C=O) groups is 1. The molecule has 0 bridgehead atoms. The van der Waals surface area contributed by atoms with E-state index in [1.807, 2.05) is 42.2 Å². The summed E-state index contributed by atoms with van der Waals surface area (Å²) in [6, 6.07) is 9.61. The van der Waals surface area contributed by atoms with Crippen LogP contribution in [-0.2, 0) is 4.79 Å². The van der Waals surface area contributed by atoms with E-state index in [1.54, 1.807) is 6.92 Å². The van der Waals surface area contributed by atoms with E-state index in [4.69, 9.17) is 0 Å². The summed E-state index contributed by atoms with van der Waals surface area (Å²) in [7, 11) is 0. The topological polar surface area (TPSA) is 74.2 Å². The SMILES string of the molecule is CC(=O)N1CCN(c2ccc(Nc3cccc(C)n3)nn2)CC1. The first kappa shape index (κ1) is 15.2. The van der Waals surface area contributed by atoms with Crippen molar-refractivity contribution in [1.82, 2.24) is 20.1 Å². The molecule has 0 atom stereocenters. The maximum Gasteiger partial charge on any atom is 0.219 e. The number of carbonyl (C=O) groups excluding carboxylic acids is 1. The van der Waals surface area contributed by atoms with Gasteiger partial charge < -0.3 is 15.1 Å². The minimum atomic E-state index is 0.126. The highest BCUT2D eigenvalue weighted by Crippen LogP contribution is 2.16. The Kier molecular flexibility index (Phi) is 4.36. The monoisotopic (exact) mass is 312 g/mol. The molecule has 3 rings (SSSR count). The highest BCUT2D eigenvalue weighted by molar-refractivity contribution is 5.73. The summed E-state index contributed by atoms with van der Waals surface area (Å²) in [6.07, 6.45) is 0. The van der Waals surface area contributed by atoms with E-state index >= 15 is 0 Å². The van der Waals surface area contributed by atoms with Gasteiger partial charge in [-0.05, 0) is 31.2 Å². The van der Waals surface area contributed by atoms with Crippen LogP contribution in [0, 0.1) is 6.92 Å². The Morgan fingerprint density at radius 2 is 1.83 bits per heavy atom. The second-order valence-corrected chi connectivity index (χ2v) is 5.56. The van der Waals surface area contributed by atoms with Gasteiger partial charge in [-0.15, -0.1) is 10.2 Å². The molecule has 0 unspecified atom stereocenters.